The number of hydrogen-bond donors (Lipinski definition) is 3. The number of phenols is 1. The Kier molecular flexibility index (Phi) is 10.8. The van der Waals surface area contributed by atoms with Crippen molar-refractivity contribution in [3.8, 4) is 5.75 Å². The second-order valence-corrected chi connectivity index (χ2v) is 6.72. The molecule has 0 heterocycles. The first-order valence-electron chi connectivity index (χ1n) is 9.35. The van der Waals surface area contributed by atoms with E-state index in [9.17, 15) is 10.2 Å². The van der Waals surface area contributed by atoms with Gasteiger partial charge < -0.3 is 15.9 Å². The van der Waals surface area contributed by atoms with Crippen LogP contribution in [0.1, 0.15) is 76.7 Å². The molecule has 3 nitrogen and oxygen atoms in total. The summed E-state index contributed by atoms with van der Waals surface area (Å²) in [5.41, 5.74) is 7.14. The van der Waals surface area contributed by atoms with Crippen LogP contribution in [0.25, 0.3) is 0 Å². The van der Waals surface area contributed by atoms with Crippen LogP contribution in [-0.2, 0) is 6.42 Å². The van der Waals surface area contributed by atoms with Crippen molar-refractivity contribution in [3.05, 3.63) is 29.8 Å². The summed E-state index contributed by atoms with van der Waals surface area (Å²) in [6, 6.07) is 6.82. The maximum Gasteiger partial charge on any atom is 0.115 e. The van der Waals surface area contributed by atoms with Gasteiger partial charge in [-0.25, -0.2) is 0 Å². The molecular formula is C20H35NO2. The van der Waals surface area contributed by atoms with Crippen LogP contribution in [0.4, 0.5) is 0 Å². The lowest BCUT2D eigenvalue weighted by atomic mass is 9.97. The largest absolute Gasteiger partial charge is 0.508 e. The highest BCUT2D eigenvalue weighted by Gasteiger charge is 2.14. The third kappa shape index (κ3) is 9.62. The van der Waals surface area contributed by atoms with Gasteiger partial charge in [0.05, 0.1) is 6.10 Å². The lowest BCUT2D eigenvalue weighted by Gasteiger charge is -2.19. The van der Waals surface area contributed by atoms with Crippen LogP contribution >= 0.6 is 0 Å². The lowest BCUT2D eigenvalue weighted by molar-refractivity contribution is 0.131. The first-order chi connectivity index (χ1) is 11.1. The zero-order chi connectivity index (χ0) is 16.9. The number of unbranched alkanes of at least 4 members (excludes halogenated alkanes) is 8. The van der Waals surface area contributed by atoms with Crippen LogP contribution in [-0.4, -0.2) is 22.4 Å². The molecule has 0 aliphatic carbocycles. The molecule has 23 heavy (non-hydrogen) atoms. The first kappa shape index (κ1) is 20.0. The summed E-state index contributed by atoms with van der Waals surface area (Å²) in [7, 11) is 0. The van der Waals surface area contributed by atoms with Gasteiger partial charge in [-0.2, -0.15) is 0 Å². The Bertz CT molecular complexity index is 391. The summed E-state index contributed by atoms with van der Waals surface area (Å²) in [5, 5.41) is 19.4. The van der Waals surface area contributed by atoms with Crippen molar-refractivity contribution in [3.63, 3.8) is 0 Å². The summed E-state index contributed by atoms with van der Waals surface area (Å²) < 4.78 is 0. The number of phenolic OH excluding ortho intramolecular Hbond substituents is 1. The number of nitrogens with two attached hydrogens (primary N) is 1. The Balaban J connectivity index is 2.04. The van der Waals surface area contributed by atoms with E-state index in [1.165, 1.54) is 51.4 Å². The van der Waals surface area contributed by atoms with Gasteiger partial charge >= 0.3 is 0 Å². The van der Waals surface area contributed by atoms with E-state index in [2.05, 4.69) is 6.92 Å². The fraction of sp³-hybridized carbons (Fsp3) is 0.700. The predicted octanol–water partition coefficient (Wildman–Crippen LogP) is 4.54. The van der Waals surface area contributed by atoms with Gasteiger partial charge in [0.15, 0.2) is 0 Å². The van der Waals surface area contributed by atoms with Gasteiger partial charge in [0.1, 0.15) is 5.75 Å². The maximum atomic E-state index is 10.2. The van der Waals surface area contributed by atoms with E-state index < -0.39 is 6.10 Å². The highest BCUT2D eigenvalue weighted by atomic mass is 16.3. The summed E-state index contributed by atoms with van der Waals surface area (Å²) in [4.78, 5) is 0. The molecule has 1 aromatic carbocycles. The number of aromatic hydroxyl groups is 1. The van der Waals surface area contributed by atoms with Crippen molar-refractivity contribution in [2.24, 2.45) is 5.73 Å². The molecule has 0 fully saturated rings. The summed E-state index contributed by atoms with van der Waals surface area (Å²) >= 11 is 0. The number of rotatable bonds is 13. The third-order valence-electron chi connectivity index (χ3n) is 4.51. The molecule has 0 bridgehead atoms. The molecule has 0 unspecified atom stereocenters. The highest BCUT2D eigenvalue weighted by Crippen LogP contribution is 2.15. The van der Waals surface area contributed by atoms with Crippen LogP contribution in [0, 0.1) is 0 Å². The average molecular weight is 322 g/mol. The van der Waals surface area contributed by atoms with Gasteiger partial charge in [-0.05, 0) is 30.5 Å². The Labute approximate surface area is 141 Å². The van der Waals surface area contributed by atoms with E-state index in [4.69, 9.17) is 5.73 Å². The molecular weight excluding hydrogens is 286 g/mol. The molecule has 3 heteroatoms. The van der Waals surface area contributed by atoms with E-state index in [0.717, 1.165) is 18.4 Å². The number of aliphatic hydroxyl groups excluding tert-OH is 1. The Morgan fingerprint density at radius 3 is 1.96 bits per heavy atom. The SMILES string of the molecule is CCCCCCCCCCC[C@@H](O)[C@@H](N)Cc1ccc(O)cc1. The Morgan fingerprint density at radius 1 is 0.870 bits per heavy atom. The molecule has 0 radical (unpaired) electrons. The smallest absolute Gasteiger partial charge is 0.115 e. The minimum Gasteiger partial charge on any atom is -0.508 e. The zero-order valence-electron chi connectivity index (χ0n) is 14.7. The van der Waals surface area contributed by atoms with Gasteiger partial charge in [0.2, 0.25) is 0 Å². The lowest BCUT2D eigenvalue weighted by Crippen LogP contribution is -2.36. The predicted molar refractivity (Wildman–Crippen MR) is 97.6 cm³/mol. The second-order valence-electron chi connectivity index (χ2n) is 6.72. The number of aliphatic hydroxyl groups is 1. The molecule has 2 atom stereocenters. The van der Waals surface area contributed by atoms with Gasteiger partial charge in [-0.15, -0.1) is 0 Å². The van der Waals surface area contributed by atoms with E-state index >= 15 is 0 Å². The van der Waals surface area contributed by atoms with E-state index in [0.29, 0.717) is 6.42 Å². The van der Waals surface area contributed by atoms with Crippen molar-refractivity contribution >= 4 is 0 Å². The molecule has 0 amide bonds. The summed E-state index contributed by atoms with van der Waals surface area (Å²) in [6.07, 6.45) is 12.6. The van der Waals surface area contributed by atoms with Crippen LogP contribution in [0.5, 0.6) is 5.75 Å². The molecule has 0 saturated carbocycles. The van der Waals surface area contributed by atoms with Crippen LogP contribution in [0.2, 0.25) is 0 Å². The molecule has 1 rings (SSSR count). The molecule has 4 N–H and O–H groups in total. The summed E-state index contributed by atoms with van der Waals surface area (Å²) in [6.45, 7) is 2.25. The average Bonchev–Trinajstić information content (AvgIpc) is 2.55. The quantitative estimate of drug-likeness (QED) is 0.467. The Hall–Kier alpha value is -1.06. The van der Waals surface area contributed by atoms with E-state index in [1.54, 1.807) is 12.1 Å². The van der Waals surface area contributed by atoms with Gasteiger partial charge in [0, 0.05) is 6.04 Å². The van der Waals surface area contributed by atoms with Gasteiger partial charge in [0.25, 0.3) is 0 Å². The fourth-order valence-corrected chi connectivity index (χ4v) is 2.92. The first-order valence-corrected chi connectivity index (χ1v) is 9.35. The van der Waals surface area contributed by atoms with Crippen molar-refractivity contribution in [2.45, 2.75) is 89.7 Å². The molecule has 0 saturated heterocycles. The fourth-order valence-electron chi connectivity index (χ4n) is 2.92. The molecule has 0 aliphatic rings. The van der Waals surface area contributed by atoms with Crippen molar-refractivity contribution in [1.29, 1.82) is 0 Å². The minimum absolute atomic E-state index is 0.228. The summed E-state index contributed by atoms with van der Waals surface area (Å²) in [5.74, 6) is 0.262. The Morgan fingerprint density at radius 2 is 1.39 bits per heavy atom. The van der Waals surface area contributed by atoms with Crippen molar-refractivity contribution in [2.75, 3.05) is 0 Å². The van der Waals surface area contributed by atoms with Gasteiger partial charge in [-0.3, -0.25) is 0 Å². The highest BCUT2D eigenvalue weighted by molar-refractivity contribution is 5.26. The second kappa shape index (κ2) is 12.4. The third-order valence-corrected chi connectivity index (χ3v) is 4.51. The standard InChI is InChI=1S/C20H35NO2/c1-2-3-4-5-6-7-8-9-10-11-20(23)19(21)16-17-12-14-18(22)15-13-17/h12-15,19-20,22-23H,2-11,16,21H2,1H3/t19-,20+/m0/s1. The van der Waals surface area contributed by atoms with Crippen molar-refractivity contribution in [1.82, 2.24) is 0 Å². The van der Waals surface area contributed by atoms with Crippen LogP contribution in [0.3, 0.4) is 0 Å². The van der Waals surface area contributed by atoms with Gasteiger partial charge in [-0.1, -0.05) is 76.8 Å². The normalized spacial score (nSPS) is 13.9. The number of benzene rings is 1. The molecule has 1 aromatic rings. The molecule has 0 aromatic heterocycles. The maximum absolute atomic E-state index is 10.2. The minimum atomic E-state index is -0.437. The zero-order valence-corrected chi connectivity index (χ0v) is 14.7. The van der Waals surface area contributed by atoms with Crippen LogP contribution < -0.4 is 5.73 Å². The molecule has 0 spiro atoms. The monoisotopic (exact) mass is 321 g/mol. The molecule has 132 valence electrons. The van der Waals surface area contributed by atoms with Crippen molar-refractivity contribution < 1.29 is 10.2 Å². The topological polar surface area (TPSA) is 66.5 Å². The number of hydrogen-bond acceptors (Lipinski definition) is 3. The molecule has 0 aliphatic heterocycles. The van der Waals surface area contributed by atoms with E-state index in [-0.39, 0.29) is 11.8 Å². The van der Waals surface area contributed by atoms with E-state index in [1.807, 2.05) is 12.1 Å². The van der Waals surface area contributed by atoms with Crippen LogP contribution in [0.15, 0.2) is 24.3 Å².